The molecule has 0 aliphatic rings. The fourth-order valence-electron chi connectivity index (χ4n) is 2.68. The van der Waals surface area contributed by atoms with Gasteiger partial charge in [-0.05, 0) is 24.5 Å². The predicted molar refractivity (Wildman–Crippen MR) is 108 cm³/mol. The van der Waals surface area contributed by atoms with Crippen molar-refractivity contribution in [2.45, 2.75) is 18.1 Å². The van der Waals surface area contributed by atoms with E-state index in [1.807, 2.05) is 18.7 Å². The third-order valence-corrected chi connectivity index (χ3v) is 6.21. The molecule has 0 nitrogen and oxygen atoms in total. The quantitative estimate of drug-likeness (QED) is 0.364. The minimum absolute atomic E-state index is 0.0473. The van der Waals surface area contributed by atoms with E-state index >= 15 is 0 Å². The molecular weight excluding hydrogens is 364 g/mol. The molecule has 23 heavy (non-hydrogen) atoms. The zero-order chi connectivity index (χ0) is 16.4. The Balaban J connectivity index is 2.48. The van der Waals surface area contributed by atoms with E-state index in [0.29, 0.717) is 0 Å². The Labute approximate surface area is 152 Å². The number of allylic oxidation sites excluding steroid dienone is 4. The molecule has 0 N–H and O–H groups in total. The highest BCUT2D eigenvalue weighted by atomic mass is 79.9. The average molecular weight is 387 g/mol. The normalized spacial score (nSPS) is 12.3. The van der Waals surface area contributed by atoms with Crippen molar-refractivity contribution in [3.8, 4) is 0 Å². The van der Waals surface area contributed by atoms with Crippen LogP contribution in [0.4, 0.5) is 0 Å². The predicted octanol–water partition coefficient (Wildman–Crippen LogP) is 6.58. The smallest absolute Gasteiger partial charge is 0.0691 e. The van der Waals surface area contributed by atoms with Crippen molar-refractivity contribution in [2.24, 2.45) is 0 Å². The number of thioether (sulfide) groups is 1. The molecule has 0 spiro atoms. The highest BCUT2D eigenvalue weighted by Crippen LogP contribution is 2.46. The molecule has 0 bridgehead atoms. The fourth-order valence-corrected chi connectivity index (χ4v) is 4.41. The number of rotatable bonds is 8. The van der Waals surface area contributed by atoms with Crippen molar-refractivity contribution in [3.63, 3.8) is 0 Å². The van der Waals surface area contributed by atoms with Crippen LogP contribution >= 0.6 is 27.7 Å². The van der Waals surface area contributed by atoms with Gasteiger partial charge in [0.05, 0.1) is 4.75 Å². The molecule has 0 saturated carbocycles. The number of hydrogen-bond acceptors (Lipinski definition) is 1. The molecule has 0 heterocycles. The van der Waals surface area contributed by atoms with E-state index in [4.69, 9.17) is 0 Å². The maximum absolute atomic E-state index is 3.59. The summed E-state index contributed by atoms with van der Waals surface area (Å²) in [5.74, 6) is 1.07. The second kappa shape index (κ2) is 9.79. The van der Waals surface area contributed by atoms with Crippen LogP contribution in [0.1, 0.15) is 24.5 Å². The Bertz CT molecular complexity index is 577. The van der Waals surface area contributed by atoms with Crippen LogP contribution in [0, 0.1) is 0 Å². The van der Waals surface area contributed by atoms with Crippen LogP contribution in [0.25, 0.3) is 0 Å². The van der Waals surface area contributed by atoms with Gasteiger partial charge in [-0.3, -0.25) is 0 Å². The van der Waals surface area contributed by atoms with Crippen LogP contribution < -0.4 is 0 Å². The minimum Gasteiger partial charge on any atom is -0.144 e. The van der Waals surface area contributed by atoms with Gasteiger partial charge in [0.25, 0.3) is 0 Å². The van der Waals surface area contributed by atoms with Gasteiger partial charge in [-0.1, -0.05) is 101 Å². The van der Waals surface area contributed by atoms with Crippen molar-refractivity contribution >= 4 is 27.7 Å². The first-order valence-corrected chi connectivity index (χ1v) is 10.0. The minimum atomic E-state index is -0.0473. The topological polar surface area (TPSA) is 0 Å². The fraction of sp³-hybridized carbons (Fsp3) is 0.238. The third-order valence-electron chi connectivity index (χ3n) is 3.75. The largest absolute Gasteiger partial charge is 0.144 e. The van der Waals surface area contributed by atoms with Gasteiger partial charge in [0.15, 0.2) is 0 Å². The van der Waals surface area contributed by atoms with E-state index < -0.39 is 0 Å². The molecule has 0 unspecified atom stereocenters. The van der Waals surface area contributed by atoms with Gasteiger partial charge < -0.3 is 0 Å². The summed E-state index contributed by atoms with van der Waals surface area (Å²) in [4.78, 5) is 0. The van der Waals surface area contributed by atoms with Gasteiger partial charge in [0, 0.05) is 11.1 Å². The zero-order valence-corrected chi connectivity index (χ0v) is 15.9. The Morgan fingerprint density at radius 3 is 1.96 bits per heavy atom. The SMILES string of the molecule is C/C=C\C=C/CC(SCCBr)(c1ccccc1)c1ccccc1. The summed E-state index contributed by atoms with van der Waals surface area (Å²) in [5.41, 5.74) is 2.73. The van der Waals surface area contributed by atoms with Crippen molar-refractivity contribution in [1.82, 2.24) is 0 Å². The lowest BCUT2D eigenvalue weighted by Crippen LogP contribution is -2.24. The maximum atomic E-state index is 3.59. The lowest BCUT2D eigenvalue weighted by Gasteiger charge is -2.34. The molecule has 0 saturated heterocycles. The second-order valence-corrected chi connectivity index (χ2v) is 7.44. The van der Waals surface area contributed by atoms with Gasteiger partial charge in [-0.25, -0.2) is 0 Å². The van der Waals surface area contributed by atoms with Crippen molar-refractivity contribution < 1.29 is 0 Å². The van der Waals surface area contributed by atoms with Crippen LogP contribution in [0.15, 0.2) is 85.0 Å². The van der Waals surface area contributed by atoms with E-state index in [9.17, 15) is 0 Å². The first-order valence-electron chi connectivity index (χ1n) is 7.92. The maximum Gasteiger partial charge on any atom is 0.0691 e. The summed E-state index contributed by atoms with van der Waals surface area (Å²) in [6.45, 7) is 2.05. The summed E-state index contributed by atoms with van der Waals surface area (Å²) in [7, 11) is 0. The van der Waals surface area contributed by atoms with Crippen LogP contribution in [-0.4, -0.2) is 11.1 Å². The number of hydrogen-bond donors (Lipinski definition) is 0. The molecular formula is C21H23BrS. The molecule has 2 rings (SSSR count). The van der Waals surface area contributed by atoms with Crippen LogP contribution in [-0.2, 0) is 4.75 Å². The lowest BCUT2D eigenvalue weighted by molar-refractivity contribution is 0.755. The number of alkyl halides is 1. The summed E-state index contributed by atoms with van der Waals surface area (Å²) in [6, 6.07) is 21.7. The van der Waals surface area contributed by atoms with E-state index in [1.54, 1.807) is 0 Å². The first-order chi connectivity index (χ1) is 11.3. The van der Waals surface area contributed by atoms with Crippen molar-refractivity contribution in [3.05, 3.63) is 96.1 Å². The van der Waals surface area contributed by atoms with Gasteiger partial charge in [-0.2, -0.15) is 0 Å². The van der Waals surface area contributed by atoms with E-state index in [0.717, 1.165) is 17.5 Å². The Morgan fingerprint density at radius 1 is 0.913 bits per heavy atom. The molecule has 2 heteroatoms. The van der Waals surface area contributed by atoms with Gasteiger partial charge in [0.1, 0.15) is 0 Å². The monoisotopic (exact) mass is 386 g/mol. The Hall–Kier alpha value is -1.25. The van der Waals surface area contributed by atoms with Gasteiger partial charge >= 0.3 is 0 Å². The molecule has 0 aromatic heterocycles. The molecule has 0 atom stereocenters. The molecule has 0 amide bonds. The lowest BCUT2D eigenvalue weighted by atomic mass is 9.87. The molecule has 2 aromatic rings. The van der Waals surface area contributed by atoms with E-state index in [1.165, 1.54) is 11.1 Å². The molecule has 0 aliphatic carbocycles. The zero-order valence-electron chi connectivity index (χ0n) is 13.5. The molecule has 120 valence electrons. The molecule has 2 aromatic carbocycles. The van der Waals surface area contributed by atoms with Crippen LogP contribution in [0.5, 0.6) is 0 Å². The Morgan fingerprint density at radius 2 is 1.48 bits per heavy atom. The highest BCUT2D eigenvalue weighted by Gasteiger charge is 2.33. The standard InChI is InChI=1S/C21H23BrS/c1-2-3-4-11-16-21(23-18-17-22,19-12-7-5-8-13-19)20-14-9-6-10-15-20/h2-15H,16-18H2,1H3/b3-2-,11-4-. The summed E-state index contributed by atoms with van der Waals surface area (Å²) < 4.78 is -0.0473. The number of benzene rings is 2. The highest BCUT2D eigenvalue weighted by molar-refractivity contribution is 9.09. The van der Waals surface area contributed by atoms with E-state index in [-0.39, 0.29) is 4.75 Å². The second-order valence-electron chi connectivity index (χ2n) is 5.25. The van der Waals surface area contributed by atoms with Crippen molar-refractivity contribution in [2.75, 3.05) is 11.1 Å². The van der Waals surface area contributed by atoms with Crippen LogP contribution in [0.2, 0.25) is 0 Å². The molecule has 0 fully saturated rings. The summed E-state index contributed by atoms with van der Waals surface area (Å²) in [6.07, 6.45) is 9.56. The summed E-state index contributed by atoms with van der Waals surface area (Å²) in [5, 5.41) is 0.998. The van der Waals surface area contributed by atoms with Gasteiger partial charge in [0.2, 0.25) is 0 Å². The average Bonchev–Trinajstić information content (AvgIpc) is 2.63. The number of halogens is 1. The summed E-state index contributed by atoms with van der Waals surface area (Å²) >= 11 is 5.60. The van der Waals surface area contributed by atoms with E-state index in [2.05, 4.69) is 101 Å². The van der Waals surface area contributed by atoms with Gasteiger partial charge in [-0.15, -0.1) is 11.8 Å². The van der Waals surface area contributed by atoms with Crippen LogP contribution in [0.3, 0.4) is 0 Å². The molecule has 0 radical (unpaired) electrons. The third kappa shape index (κ3) is 4.86. The molecule has 0 aliphatic heterocycles. The van der Waals surface area contributed by atoms with Crippen molar-refractivity contribution in [1.29, 1.82) is 0 Å². The Kier molecular flexibility index (Phi) is 7.70. The first kappa shape index (κ1) is 18.1.